The van der Waals surface area contributed by atoms with Crippen molar-refractivity contribution in [3.05, 3.63) is 35.9 Å². The smallest absolute Gasteiger partial charge is 0.194 e. The molecule has 2 aliphatic rings. The van der Waals surface area contributed by atoms with Crippen LogP contribution in [0.15, 0.2) is 30.3 Å². The van der Waals surface area contributed by atoms with E-state index in [0.29, 0.717) is 19.1 Å². The summed E-state index contributed by atoms with van der Waals surface area (Å²) in [6.45, 7) is 4.25. The molecule has 0 spiro atoms. The van der Waals surface area contributed by atoms with Crippen molar-refractivity contribution in [2.24, 2.45) is 5.92 Å². The van der Waals surface area contributed by atoms with Crippen molar-refractivity contribution in [1.29, 1.82) is 0 Å². The van der Waals surface area contributed by atoms with E-state index >= 15 is 0 Å². The quantitative estimate of drug-likeness (QED) is 0.908. The summed E-state index contributed by atoms with van der Waals surface area (Å²) in [6.07, 6.45) is 2.04. The van der Waals surface area contributed by atoms with E-state index in [0.717, 1.165) is 32.5 Å². The molecule has 2 fully saturated rings. The minimum atomic E-state index is -0.723. The highest BCUT2D eigenvalue weighted by Gasteiger charge is 2.44. The Bertz CT molecular complexity index is 409. The second-order valence-corrected chi connectivity index (χ2v) is 5.70. The van der Waals surface area contributed by atoms with Gasteiger partial charge in [-0.05, 0) is 31.5 Å². The number of likely N-dealkylation sites (tertiary alicyclic amines) is 1. The molecule has 1 aromatic carbocycles. The Morgan fingerprint density at radius 1 is 1.10 bits per heavy atom. The van der Waals surface area contributed by atoms with E-state index in [4.69, 9.17) is 9.47 Å². The Morgan fingerprint density at radius 3 is 2.35 bits per heavy atom. The molecule has 0 aliphatic carbocycles. The van der Waals surface area contributed by atoms with Gasteiger partial charge in [0.2, 0.25) is 0 Å². The van der Waals surface area contributed by atoms with Crippen LogP contribution in [0.4, 0.5) is 0 Å². The summed E-state index contributed by atoms with van der Waals surface area (Å²) in [5.74, 6) is -0.416. The van der Waals surface area contributed by atoms with Gasteiger partial charge in [-0.25, -0.2) is 0 Å². The lowest BCUT2D eigenvalue weighted by atomic mass is 9.88. The van der Waals surface area contributed by atoms with E-state index in [-0.39, 0.29) is 6.61 Å². The molecule has 0 aromatic heterocycles. The Labute approximate surface area is 120 Å². The maximum absolute atomic E-state index is 9.61. The van der Waals surface area contributed by atoms with Gasteiger partial charge in [0.25, 0.3) is 0 Å². The van der Waals surface area contributed by atoms with E-state index in [2.05, 4.69) is 35.2 Å². The molecule has 20 heavy (non-hydrogen) atoms. The number of aliphatic hydroxyl groups is 1. The summed E-state index contributed by atoms with van der Waals surface area (Å²) < 4.78 is 11.4. The second-order valence-electron chi connectivity index (χ2n) is 5.70. The zero-order chi connectivity index (χ0) is 13.8. The van der Waals surface area contributed by atoms with E-state index in [1.807, 2.05) is 0 Å². The molecule has 0 unspecified atom stereocenters. The van der Waals surface area contributed by atoms with Gasteiger partial charge in [-0.3, -0.25) is 4.90 Å². The van der Waals surface area contributed by atoms with Crippen molar-refractivity contribution in [2.75, 3.05) is 32.9 Å². The second kappa shape index (κ2) is 6.22. The van der Waals surface area contributed by atoms with Crippen molar-refractivity contribution >= 4 is 0 Å². The third-order valence-corrected chi connectivity index (χ3v) is 4.46. The van der Waals surface area contributed by atoms with Crippen LogP contribution in [0, 0.1) is 5.92 Å². The normalized spacial score (nSPS) is 24.1. The number of nitrogens with zero attached hydrogens (tertiary/aromatic N) is 1. The summed E-state index contributed by atoms with van der Waals surface area (Å²) >= 11 is 0. The molecule has 110 valence electrons. The average Bonchev–Trinajstić information content (AvgIpc) is 2.99. The number of hydrogen-bond donors (Lipinski definition) is 1. The van der Waals surface area contributed by atoms with E-state index in [9.17, 15) is 5.11 Å². The van der Waals surface area contributed by atoms with Crippen molar-refractivity contribution in [3.63, 3.8) is 0 Å². The van der Waals surface area contributed by atoms with Crippen LogP contribution < -0.4 is 0 Å². The summed E-state index contributed by atoms with van der Waals surface area (Å²) in [4.78, 5) is 2.46. The highest BCUT2D eigenvalue weighted by atomic mass is 16.7. The van der Waals surface area contributed by atoms with Crippen molar-refractivity contribution in [1.82, 2.24) is 4.90 Å². The highest BCUT2D eigenvalue weighted by Crippen LogP contribution is 2.35. The standard InChI is InChI=1S/C16H23NO3/c18-13-16(19-10-11-20-16)15-6-8-17(9-7-15)12-14-4-2-1-3-5-14/h1-5,15,18H,6-13H2. The molecule has 2 saturated heterocycles. The molecule has 0 saturated carbocycles. The van der Waals surface area contributed by atoms with Crippen LogP contribution >= 0.6 is 0 Å². The lowest BCUT2D eigenvalue weighted by Gasteiger charge is -2.40. The first kappa shape index (κ1) is 14.0. The summed E-state index contributed by atoms with van der Waals surface area (Å²) in [5.41, 5.74) is 1.36. The van der Waals surface area contributed by atoms with Crippen LogP contribution in [-0.2, 0) is 16.0 Å². The number of piperidine rings is 1. The molecule has 1 aromatic rings. The third kappa shape index (κ3) is 2.88. The van der Waals surface area contributed by atoms with Crippen LogP contribution in [0.2, 0.25) is 0 Å². The number of rotatable bonds is 4. The molecule has 4 heteroatoms. The lowest BCUT2D eigenvalue weighted by molar-refractivity contribution is -0.225. The Hall–Kier alpha value is -0.940. The zero-order valence-corrected chi connectivity index (χ0v) is 11.8. The molecular weight excluding hydrogens is 254 g/mol. The van der Waals surface area contributed by atoms with Gasteiger partial charge in [0.1, 0.15) is 0 Å². The Balaban J connectivity index is 1.54. The first-order valence-electron chi connectivity index (χ1n) is 7.47. The Morgan fingerprint density at radius 2 is 1.75 bits per heavy atom. The topological polar surface area (TPSA) is 41.9 Å². The van der Waals surface area contributed by atoms with Gasteiger partial charge in [-0.1, -0.05) is 30.3 Å². The van der Waals surface area contributed by atoms with Gasteiger partial charge >= 0.3 is 0 Å². The molecule has 1 N–H and O–H groups in total. The van der Waals surface area contributed by atoms with Gasteiger partial charge < -0.3 is 14.6 Å². The summed E-state index contributed by atoms with van der Waals surface area (Å²) in [7, 11) is 0. The predicted molar refractivity (Wildman–Crippen MR) is 76.2 cm³/mol. The average molecular weight is 277 g/mol. The molecule has 0 radical (unpaired) electrons. The van der Waals surface area contributed by atoms with Crippen molar-refractivity contribution in [3.8, 4) is 0 Å². The monoisotopic (exact) mass is 277 g/mol. The maximum Gasteiger partial charge on any atom is 0.194 e. The van der Waals surface area contributed by atoms with Crippen LogP contribution in [0.25, 0.3) is 0 Å². The summed E-state index contributed by atoms with van der Waals surface area (Å²) in [6, 6.07) is 10.6. The molecule has 2 aliphatic heterocycles. The fourth-order valence-corrected chi connectivity index (χ4v) is 3.30. The Kier molecular flexibility index (Phi) is 4.36. The molecule has 0 amide bonds. The molecule has 2 heterocycles. The number of benzene rings is 1. The van der Waals surface area contributed by atoms with Gasteiger partial charge in [0, 0.05) is 12.5 Å². The molecular formula is C16H23NO3. The van der Waals surface area contributed by atoms with Crippen molar-refractivity contribution in [2.45, 2.75) is 25.2 Å². The number of hydrogen-bond acceptors (Lipinski definition) is 4. The predicted octanol–water partition coefficient (Wildman–Crippen LogP) is 1.63. The van der Waals surface area contributed by atoms with E-state index < -0.39 is 5.79 Å². The molecule has 4 nitrogen and oxygen atoms in total. The lowest BCUT2D eigenvalue weighted by Crippen LogP contribution is -2.48. The minimum absolute atomic E-state index is 0.0314. The molecule has 3 rings (SSSR count). The fraction of sp³-hybridized carbons (Fsp3) is 0.625. The number of ether oxygens (including phenoxy) is 2. The minimum Gasteiger partial charge on any atom is -0.391 e. The van der Waals surface area contributed by atoms with E-state index in [1.54, 1.807) is 0 Å². The highest BCUT2D eigenvalue weighted by molar-refractivity contribution is 5.14. The molecule has 0 bridgehead atoms. The van der Waals surface area contributed by atoms with Gasteiger partial charge in [0.15, 0.2) is 5.79 Å². The van der Waals surface area contributed by atoms with Gasteiger partial charge in [0.05, 0.1) is 19.8 Å². The fourth-order valence-electron chi connectivity index (χ4n) is 3.30. The van der Waals surface area contributed by atoms with Crippen LogP contribution in [0.5, 0.6) is 0 Å². The van der Waals surface area contributed by atoms with Crippen LogP contribution in [-0.4, -0.2) is 48.7 Å². The van der Waals surface area contributed by atoms with E-state index in [1.165, 1.54) is 5.56 Å². The zero-order valence-electron chi connectivity index (χ0n) is 11.8. The van der Waals surface area contributed by atoms with Gasteiger partial charge in [-0.2, -0.15) is 0 Å². The number of aliphatic hydroxyl groups excluding tert-OH is 1. The van der Waals surface area contributed by atoms with Gasteiger partial charge in [-0.15, -0.1) is 0 Å². The van der Waals surface area contributed by atoms with Crippen LogP contribution in [0.1, 0.15) is 18.4 Å². The maximum atomic E-state index is 9.61. The molecule has 0 atom stereocenters. The first-order valence-corrected chi connectivity index (χ1v) is 7.47. The van der Waals surface area contributed by atoms with Crippen molar-refractivity contribution < 1.29 is 14.6 Å². The third-order valence-electron chi connectivity index (χ3n) is 4.46. The van der Waals surface area contributed by atoms with Crippen LogP contribution in [0.3, 0.4) is 0 Å². The first-order chi connectivity index (χ1) is 9.82. The SMILES string of the molecule is OCC1(C2CCN(Cc3ccccc3)CC2)OCCO1. The summed E-state index contributed by atoms with van der Waals surface area (Å²) in [5, 5.41) is 9.61. The largest absolute Gasteiger partial charge is 0.391 e.